The molecule has 0 fully saturated rings. The van der Waals surface area contributed by atoms with Gasteiger partial charge in [0.1, 0.15) is 0 Å². The van der Waals surface area contributed by atoms with Crippen molar-refractivity contribution in [1.82, 2.24) is 4.57 Å². The van der Waals surface area contributed by atoms with Gasteiger partial charge in [-0.1, -0.05) is 91.0 Å². The maximum Gasteiger partial charge on any atom is 0.0541 e. The quantitative estimate of drug-likeness (QED) is 0.235. The summed E-state index contributed by atoms with van der Waals surface area (Å²) in [5, 5.41) is 2.52. The maximum atomic E-state index is 2.36. The second-order valence-corrected chi connectivity index (χ2v) is 9.48. The van der Waals surface area contributed by atoms with Crippen LogP contribution in [-0.4, -0.2) is 4.57 Å². The Morgan fingerprint density at radius 2 is 0.921 bits per heavy atom. The third-order valence-electron chi connectivity index (χ3n) is 7.15. The summed E-state index contributed by atoms with van der Waals surface area (Å²) in [4.78, 5) is 2.31. The second-order valence-electron chi connectivity index (χ2n) is 9.48. The first kappa shape index (κ1) is 22.1. The zero-order valence-electron chi connectivity index (χ0n) is 20.9. The van der Waals surface area contributed by atoms with Gasteiger partial charge in [0, 0.05) is 33.5 Å². The molecule has 0 bridgehead atoms. The van der Waals surface area contributed by atoms with Crippen molar-refractivity contribution in [1.29, 1.82) is 0 Å². The predicted molar refractivity (Wildman–Crippen MR) is 161 cm³/mol. The first-order chi connectivity index (χ1) is 18.9. The van der Waals surface area contributed by atoms with Crippen LogP contribution in [0.15, 0.2) is 158 Å². The van der Waals surface area contributed by atoms with Crippen LogP contribution in [0.5, 0.6) is 0 Å². The van der Waals surface area contributed by atoms with Gasteiger partial charge >= 0.3 is 0 Å². The van der Waals surface area contributed by atoms with Crippen LogP contribution >= 0.6 is 0 Å². The third-order valence-corrected chi connectivity index (χ3v) is 7.15. The lowest BCUT2D eigenvalue weighted by atomic mass is 10.0. The molecule has 0 aliphatic carbocycles. The fourth-order valence-electron chi connectivity index (χ4n) is 5.43. The van der Waals surface area contributed by atoms with E-state index in [1.54, 1.807) is 0 Å². The summed E-state index contributed by atoms with van der Waals surface area (Å²) in [6, 6.07) is 56.1. The Morgan fingerprint density at radius 3 is 1.63 bits per heavy atom. The average molecular weight is 487 g/mol. The molecule has 38 heavy (non-hydrogen) atoms. The number of nitrogens with zero attached hydrogens (tertiary/aromatic N) is 2. The maximum absolute atomic E-state index is 2.36. The van der Waals surface area contributed by atoms with Crippen molar-refractivity contribution in [3.05, 3.63) is 158 Å². The molecule has 0 aliphatic heterocycles. The predicted octanol–water partition coefficient (Wildman–Crippen LogP) is 9.92. The lowest BCUT2D eigenvalue weighted by Crippen LogP contribution is -2.09. The van der Waals surface area contributed by atoms with E-state index in [4.69, 9.17) is 0 Å². The van der Waals surface area contributed by atoms with Crippen LogP contribution in [0.3, 0.4) is 0 Å². The van der Waals surface area contributed by atoms with Crippen molar-refractivity contribution in [2.45, 2.75) is 0 Å². The van der Waals surface area contributed by atoms with Gasteiger partial charge in [-0.15, -0.1) is 0 Å². The van der Waals surface area contributed by atoms with Crippen molar-refractivity contribution in [2.24, 2.45) is 0 Å². The molecule has 0 N–H and O–H groups in total. The summed E-state index contributed by atoms with van der Waals surface area (Å²) >= 11 is 0. The molecule has 180 valence electrons. The number of hydrogen-bond donors (Lipinski definition) is 0. The molecular weight excluding hydrogens is 460 g/mol. The number of benzene rings is 6. The highest BCUT2D eigenvalue weighted by Gasteiger charge is 2.15. The molecule has 0 atom stereocenters. The van der Waals surface area contributed by atoms with Crippen LogP contribution < -0.4 is 4.90 Å². The van der Waals surface area contributed by atoms with Gasteiger partial charge < -0.3 is 9.47 Å². The van der Waals surface area contributed by atoms with Crippen LogP contribution in [-0.2, 0) is 0 Å². The first-order valence-corrected chi connectivity index (χ1v) is 13.0. The number of anilines is 3. The summed E-state index contributed by atoms with van der Waals surface area (Å²) < 4.78 is 2.36. The van der Waals surface area contributed by atoms with Crippen molar-refractivity contribution >= 4 is 38.9 Å². The van der Waals surface area contributed by atoms with E-state index < -0.39 is 0 Å². The van der Waals surface area contributed by atoms with Crippen LogP contribution in [0.2, 0.25) is 0 Å². The summed E-state index contributed by atoms with van der Waals surface area (Å²) in [5.74, 6) is 0. The number of fused-ring (bicyclic) bond motifs is 3. The summed E-state index contributed by atoms with van der Waals surface area (Å²) in [7, 11) is 0. The van der Waals surface area contributed by atoms with E-state index in [1.807, 2.05) is 0 Å². The summed E-state index contributed by atoms with van der Waals surface area (Å²) in [5.41, 5.74) is 9.41. The molecule has 2 heteroatoms. The fourth-order valence-corrected chi connectivity index (χ4v) is 5.43. The number of para-hydroxylation sites is 4. The van der Waals surface area contributed by atoms with Gasteiger partial charge in [-0.25, -0.2) is 0 Å². The SMILES string of the molecule is c1ccc(N(c2ccccc2)c2cccc(-c3ccc4c(c3)c3ccccc3n4-c3ccccc3)c2)cc1. The van der Waals surface area contributed by atoms with E-state index in [0.717, 1.165) is 17.1 Å². The minimum atomic E-state index is 1.13. The first-order valence-electron chi connectivity index (χ1n) is 13.0. The smallest absolute Gasteiger partial charge is 0.0541 e. The average Bonchev–Trinajstić information content (AvgIpc) is 3.33. The number of aromatic nitrogens is 1. The van der Waals surface area contributed by atoms with Crippen molar-refractivity contribution < 1.29 is 0 Å². The molecule has 1 heterocycles. The van der Waals surface area contributed by atoms with Crippen molar-refractivity contribution in [3.63, 3.8) is 0 Å². The standard InChI is InChI=1S/C36H26N2/c1-4-14-29(15-5-1)37(30-16-6-2-7-17-30)32-20-12-13-27(25-32)28-23-24-36-34(26-28)33-21-10-11-22-35(33)38(36)31-18-8-3-9-19-31/h1-26H. The molecule has 0 radical (unpaired) electrons. The summed E-state index contributed by atoms with van der Waals surface area (Å²) in [6.45, 7) is 0. The minimum absolute atomic E-state index is 1.13. The molecule has 0 saturated heterocycles. The Kier molecular flexibility index (Phi) is 5.49. The van der Waals surface area contributed by atoms with Gasteiger partial charge in [-0.2, -0.15) is 0 Å². The molecule has 6 aromatic carbocycles. The lowest BCUT2D eigenvalue weighted by Gasteiger charge is -2.26. The van der Waals surface area contributed by atoms with E-state index in [2.05, 4.69) is 167 Å². The Labute approximate surface area is 222 Å². The van der Waals surface area contributed by atoms with E-state index in [0.29, 0.717) is 0 Å². The highest BCUT2D eigenvalue weighted by molar-refractivity contribution is 6.10. The van der Waals surface area contributed by atoms with Crippen molar-refractivity contribution in [3.8, 4) is 16.8 Å². The summed E-state index contributed by atoms with van der Waals surface area (Å²) in [6.07, 6.45) is 0. The Bertz CT molecular complexity index is 1810. The van der Waals surface area contributed by atoms with E-state index in [9.17, 15) is 0 Å². The van der Waals surface area contributed by atoms with Gasteiger partial charge in [0.15, 0.2) is 0 Å². The van der Waals surface area contributed by atoms with Gasteiger partial charge in [0.2, 0.25) is 0 Å². The molecule has 1 aromatic heterocycles. The van der Waals surface area contributed by atoms with E-state index in [1.165, 1.54) is 38.6 Å². The van der Waals surface area contributed by atoms with Crippen LogP contribution in [0.4, 0.5) is 17.1 Å². The number of hydrogen-bond acceptors (Lipinski definition) is 1. The van der Waals surface area contributed by atoms with E-state index >= 15 is 0 Å². The van der Waals surface area contributed by atoms with Crippen molar-refractivity contribution in [2.75, 3.05) is 4.90 Å². The van der Waals surface area contributed by atoms with Gasteiger partial charge in [0.25, 0.3) is 0 Å². The lowest BCUT2D eigenvalue weighted by molar-refractivity contribution is 1.18. The van der Waals surface area contributed by atoms with Gasteiger partial charge in [-0.3, -0.25) is 0 Å². The second kappa shape index (κ2) is 9.42. The highest BCUT2D eigenvalue weighted by atomic mass is 15.1. The Balaban J connectivity index is 1.38. The largest absolute Gasteiger partial charge is 0.310 e. The molecule has 0 saturated carbocycles. The van der Waals surface area contributed by atoms with Crippen LogP contribution in [0.25, 0.3) is 38.6 Å². The highest BCUT2D eigenvalue weighted by Crippen LogP contribution is 2.38. The fraction of sp³-hybridized carbons (Fsp3) is 0. The Hall–Kier alpha value is -5.08. The molecular formula is C36H26N2. The Morgan fingerprint density at radius 1 is 0.368 bits per heavy atom. The minimum Gasteiger partial charge on any atom is -0.310 e. The zero-order chi connectivity index (χ0) is 25.3. The third kappa shape index (κ3) is 3.84. The normalized spacial score (nSPS) is 11.2. The van der Waals surface area contributed by atoms with Crippen LogP contribution in [0, 0.1) is 0 Å². The zero-order valence-corrected chi connectivity index (χ0v) is 20.9. The molecule has 7 rings (SSSR count). The number of rotatable bonds is 5. The topological polar surface area (TPSA) is 8.17 Å². The van der Waals surface area contributed by atoms with Crippen LogP contribution in [0.1, 0.15) is 0 Å². The monoisotopic (exact) mass is 486 g/mol. The molecule has 0 unspecified atom stereocenters. The molecule has 0 amide bonds. The van der Waals surface area contributed by atoms with E-state index in [-0.39, 0.29) is 0 Å². The molecule has 0 spiro atoms. The molecule has 7 aromatic rings. The van der Waals surface area contributed by atoms with Gasteiger partial charge in [-0.05, 0) is 77.9 Å². The van der Waals surface area contributed by atoms with Gasteiger partial charge in [0.05, 0.1) is 11.0 Å². The molecule has 2 nitrogen and oxygen atoms in total. The molecule has 0 aliphatic rings.